The van der Waals surface area contributed by atoms with Crippen molar-refractivity contribution >= 4 is 32.6 Å². The van der Waals surface area contributed by atoms with Crippen LogP contribution in [0, 0.1) is 0 Å². The Bertz CT molecular complexity index is 2570. The van der Waals surface area contributed by atoms with Gasteiger partial charge in [0.25, 0.3) is 0 Å². The van der Waals surface area contributed by atoms with Gasteiger partial charge in [0.1, 0.15) is 5.52 Å². The number of hydrogen-bond acceptors (Lipinski definition) is 4. The molecule has 0 radical (unpaired) electrons. The minimum absolute atomic E-state index is 0.557. The van der Waals surface area contributed by atoms with Crippen LogP contribution in [0.1, 0.15) is 0 Å². The van der Waals surface area contributed by atoms with Crippen LogP contribution in [0.3, 0.4) is 0 Å². The molecule has 3 aromatic heterocycles. The van der Waals surface area contributed by atoms with Crippen LogP contribution in [0.25, 0.3) is 88.9 Å². The number of rotatable bonds is 5. The number of nitrogens with zero attached hydrogens (tertiary/aromatic N) is 3. The standard InChI is InChI=1S/C43H27N3O/c1-2-12-29(13-3-1)39-26-30-14-5-7-19-35(30)41(45-39)32-16-8-15-31(25-32)40-34-18-6-4-11-28(34)22-23-36(40)37-20-9-21-38-42(37)47-43(46-38)33-17-10-24-44-27-33/h1-27H. The summed E-state index contributed by atoms with van der Waals surface area (Å²) < 4.78 is 6.48. The fraction of sp³-hybridized carbons (Fsp3) is 0. The molecular weight excluding hydrogens is 574 g/mol. The summed E-state index contributed by atoms with van der Waals surface area (Å²) in [5.41, 5.74) is 10.8. The maximum atomic E-state index is 6.48. The van der Waals surface area contributed by atoms with Crippen molar-refractivity contribution in [3.8, 4) is 56.2 Å². The summed E-state index contributed by atoms with van der Waals surface area (Å²) >= 11 is 0. The van der Waals surface area contributed by atoms with E-state index in [1.54, 1.807) is 12.4 Å². The summed E-state index contributed by atoms with van der Waals surface area (Å²) in [6.07, 6.45) is 3.53. The number of oxazole rings is 1. The van der Waals surface area contributed by atoms with Gasteiger partial charge >= 0.3 is 0 Å². The van der Waals surface area contributed by atoms with Crippen molar-refractivity contribution in [2.45, 2.75) is 0 Å². The van der Waals surface area contributed by atoms with Crippen molar-refractivity contribution in [2.24, 2.45) is 0 Å². The third-order valence-electron chi connectivity index (χ3n) is 8.78. The molecular formula is C43H27N3O. The molecule has 220 valence electrons. The van der Waals surface area contributed by atoms with Gasteiger partial charge in [-0.3, -0.25) is 4.98 Å². The summed E-state index contributed by atoms with van der Waals surface area (Å²) in [5, 5.41) is 4.62. The van der Waals surface area contributed by atoms with Crippen LogP contribution < -0.4 is 0 Å². The molecule has 47 heavy (non-hydrogen) atoms. The van der Waals surface area contributed by atoms with Gasteiger partial charge in [-0.15, -0.1) is 0 Å². The molecule has 3 heterocycles. The van der Waals surface area contributed by atoms with E-state index in [0.717, 1.165) is 72.2 Å². The zero-order valence-corrected chi connectivity index (χ0v) is 25.3. The van der Waals surface area contributed by atoms with Crippen LogP contribution >= 0.6 is 0 Å². The highest BCUT2D eigenvalue weighted by atomic mass is 16.3. The van der Waals surface area contributed by atoms with Gasteiger partial charge < -0.3 is 4.42 Å². The van der Waals surface area contributed by atoms with Gasteiger partial charge in [-0.1, -0.05) is 121 Å². The number of aromatic nitrogens is 3. The molecule has 0 saturated carbocycles. The number of pyridine rings is 2. The van der Waals surface area contributed by atoms with E-state index < -0.39 is 0 Å². The summed E-state index contributed by atoms with van der Waals surface area (Å²) in [4.78, 5) is 14.4. The average Bonchev–Trinajstić information content (AvgIpc) is 3.60. The van der Waals surface area contributed by atoms with Gasteiger partial charge in [0.2, 0.25) is 5.89 Å². The second-order valence-corrected chi connectivity index (χ2v) is 11.6. The van der Waals surface area contributed by atoms with E-state index in [0.29, 0.717) is 5.89 Å². The van der Waals surface area contributed by atoms with E-state index in [9.17, 15) is 0 Å². The summed E-state index contributed by atoms with van der Waals surface area (Å²) in [5.74, 6) is 0.557. The van der Waals surface area contributed by atoms with Gasteiger partial charge in [0, 0.05) is 34.5 Å². The lowest BCUT2D eigenvalue weighted by molar-refractivity contribution is 0.620. The average molecular weight is 602 g/mol. The smallest absolute Gasteiger partial charge is 0.228 e. The zero-order valence-electron chi connectivity index (χ0n) is 25.3. The molecule has 0 saturated heterocycles. The van der Waals surface area contributed by atoms with Crippen molar-refractivity contribution < 1.29 is 4.42 Å². The molecule has 0 bridgehead atoms. The third-order valence-corrected chi connectivity index (χ3v) is 8.78. The Labute approximate surface area is 271 Å². The molecule has 0 aliphatic heterocycles. The molecule has 6 aromatic carbocycles. The van der Waals surface area contributed by atoms with E-state index >= 15 is 0 Å². The predicted octanol–water partition coefficient (Wildman–Crippen LogP) is 11.3. The monoisotopic (exact) mass is 601 g/mol. The van der Waals surface area contributed by atoms with Crippen LogP contribution in [-0.4, -0.2) is 15.0 Å². The van der Waals surface area contributed by atoms with Crippen LogP contribution in [0.5, 0.6) is 0 Å². The van der Waals surface area contributed by atoms with E-state index in [1.807, 2.05) is 30.3 Å². The first-order chi connectivity index (χ1) is 23.3. The molecule has 0 aliphatic rings. The quantitative estimate of drug-likeness (QED) is 0.197. The lowest BCUT2D eigenvalue weighted by Gasteiger charge is -2.16. The largest absolute Gasteiger partial charge is 0.435 e. The highest BCUT2D eigenvalue weighted by molar-refractivity contribution is 6.08. The zero-order chi connectivity index (χ0) is 31.2. The summed E-state index contributed by atoms with van der Waals surface area (Å²) in [6, 6.07) is 52.8. The molecule has 4 nitrogen and oxygen atoms in total. The molecule has 0 spiro atoms. The topological polar surface area (TPSA) is 51.8 Å². The van der Waals surface area contributed by atoms with E-state index in [-0.39, 0.29) is 0 Å². The highest BCUT2D eigenvalue weighted by Gasteiger charge is 2.19. The van der Waals surface area contributed by atoms with Crippen molar-refractivity contribution in [1.82, 2.24) is 15.0 Å². The molecule has 9 aromatic rings. The van der Waals surface area contributed by atoms with Gasteiger partial charge in [-0.05, 0) is 63.2 Å². The van der Waals surface area contributed by atoms with E-state index in [1.165, 1.54) is 10.8 Å². The van der Waals surface area contributed by atoms with Gasteiger partial charge in [0.15, 0.2) is 5.58 Å². The summed E-state index contributed by atoms with van der Waals surface area (Å²) in [6.45, 7) is 0. The Kier molecular flexibility index (Phi) is 6.43. The first-order valence-electron chi connectivity index (χ1n) is 15.7. The molecule has 4 heteroatoms. The van der Waals surface area contributed by atoms with E-state index in [4.69, 9.17) is 14.4 Å². The SMILES string of the molecule is c1ccc(-c2cc3ccccc3c(-c3cccc(-c4c(-c5cccc6nc(-c7cccnc7)oc56)ccc5ccccc45)c3)n2)cc1. The molecule has 0 amide bonds. The predicted molar refractivity (Wildman–Crippen MR) is 192 cm³/mol. The van der Waals surface area contributed by atoms with Crippen LogP contribution in [0.2, 0.25) is 0 Å². The molecule has 0 fully saturated rings. The maximum absolute atomic E-state index is 6.48. The van der Waals surface area contributed by atoms with Crippen LogP contribution in [-0.2, 0) is 0 Å². The Balaban J connectivity index is 1.27. The first kappa shape index (κ1) is 27.0. The van der Waals surface area contributed by atoms with Crippen molar-refractivity contribution in [3.63, 3.8) is 0 Å². The lowest BCUT2D eigenvalue weighted by atomic mass is 9.88. The van der Waals surface area contributed by atoms with E-state index in [2.05, 4.69) is 126 Å². The number of fused-ring (bicyclic) bond motifs is 3. The second kappa shape index (κ2) is 11.2. The summed E-state index contributed by atoms with van der Waals surface area (Å²) in [7, 11) is 0. The van der Waals surface area contributed by atoms with Gasteiger partial charge in [-0.2, -0.15) is 0 Å². The van der Waals surface area contributed by atoms with Crippen LogP contribution in [0.15, 0.2) is 168 Å². The minimum Gasteiger partial charge on any atom is -0.435 e. The van der Waals surface area contributed by atoms with Crippen molar-refractivity contribution in [1.29, 1.82) is 0 Å². The number of benzene rings is 6. The Morgan fingerprint density at radius 3 is 2.09 bits per heavy atom. The minimum atomic E-state index is 0.557. The fourth-order valence-corrected chi connectivity index (χ4v) is 6.58. The Morgan fingerprint density at radius 2 is 1.21 bits per heavy atom. The maximum Gasteiger partial charge on any atom is 0.228 e. The number of para-hydroxylation sites is 1. The first-order valence-corrected chi connectivity index (χ1v) is 15.7. The lowest BCUT2D eigenvalue weighted by Crippen LogP contribution is -1.93. The molecule has 0 aliphatic carbocycles. The Hall–Kier alpha value is -6.39. The van der Waals surface area contributed by atoms with Crippen molar-refractivity contribution in [3.05, 3.63) is 164 Å². The normalized spacial score (nSPS) is 11.4. The molecule has 0 unspecified atom stereocenters. The fourth-order valence-electron chi connectivity index (χ4n) is 6.58. The van der Waals surface area contributed by atoms with Crippen molar-refractivity contribution in [2.75, 3.05) is 0 Å². The van der Waals surface area contributed by atoms with Gasteiger partial charge in [-0.25, -0.2) is 9.97 Å². The second-order valence-electron chi connectivity index (χ2n) is 11.6. The number of hydrogen-bond donors (Lipinski definition) is 0. The van der Waals surface area contributed by atoms with Gasteiger partial charge in [0.05, 0.1) is 17.0 Å². The molecule has 0 atom stereocenters. The van der Waals surface area contributed by atoms with Crippen LogP contribution in [0.4, 0.5) is 0 Å². The molecule has 9 rings (SSSR count). The highest BCUT2D eigenvalue weighted by Crippen LogP contribution is 2.43. The molecule has 0 N–H and O–H groups in total. The third kappa shape index (κ3) is 4.75. The Morgan fingerprint density at radius 1 is 0.468 bits per heavy atom.